The summed E-state index contributed by atoms with van der Waals surface area (Å²) in [6, 6.07) is 15.1. The molecule has 0 amide bonds. The van der Waals surface area contributed by atoms with E-state index in [2.05, 4.69) is 26.0 Å². The number of rotatable bonds is 4. The van der Waals surface area contributed by atoms with Gasteiger partial charge in [0.2, 0.25) is 0 Å². The van der Waals surface area contributed by atoms with Gasteiger partial charge in [-0.25, -0.2) is 0 Å². The zero-order valence-corrected chi connectivity index (χ0v) is 11.4. The van der Waals surface area contributed by atoms with Crippen molar-refractivity contribution in [1.82, 2.24) is 0 Å². The molecule has 2 aromatic rings. The number of hydrogen-bond acceptors (Lipinski definition) is 2. The number of aromatic hydroxyl groups is 1. The van der Waals surface area contributed by atoms with Crippen molar-refractivity contribution in [3.8, 4) is 5.75 Å². The van der Waals surface area contributed by atoms with E-state index in [0.29, 0.717) is 12.3 Å². The molecule has 0 aliphatic heterocycles. The van der Waals surface area contributed by atoms with Gasteiger partial charge in [-0.2, -0.15) is 0 Å². The van der Waals surface area contributed by atoms with E-state index in [1.165, 1.54) is 5.56 Å². The van der Waals surface area contributed by atoms with E-state index in [-0.39, 0.29) is 5.75 Å². The van der Waals surface area contributed by atoms with Crippen LogP contribution in [0.4, 0.5) is 0 Å². The van der Waals surface area contributed by atoms with Gasteiger partial charge in [0.05, 0.1) is 6.10 Å². The van der Waals surface area contributed by atoms with Gasteiger partial charge in [0.25, 0.3) is 0 Å². The Kier molecular flexibility index (Phi) is 4.23. The molecule has 2 N–H and O–H groups in total. The maximum Gasteiger partial charge on any atom is 0.115 e. The zero-order chi connectivity index (χ0) is 13.8. The third-order valence-corrected chi connectivity index (χ3v) is 3.33. The predicted octanol–water partition coefficient (Wildman–Crippen LogP) is 3.79. The quantitative estimate of drug-likeness (QED) is 0.873. The maximum absolute atomic E-state index is 10.2. The highest BCUT2D eigenvalue weighted by Gasteiger charge is 2.09. The lowest BCUT2D eigenvalue weighted by Gasteiger charge is -2.13. The molecule has 2 heteroatoms. The molecule has 19 heavy (non-hydrogen) atoms. The van der Waals surface area contributed by atoms with Crippen LogP contribution in [0.1, 0.15) is 42.6 Å². The van der Waals surface area contributed by atoms with E-state index in [4.69, 9.17) is 0 Å². The van der Waals surface area contributed by atoms with Gasteiger partial charge >= 0.3 is 0 Å². The zero-order valence-electron chi connectivity index (χ0n) is 11.4. The highest BCUT2D eigenvalue weighted by Crippen LogP contribution is 2.22. The highest BCUT2D eigenvalue weighted by atomic mass is 16.3. The Hall–Kier alpha value is -1.80. The van der Waals surface area contributed by atoms with E-state index in [1.54, 1.807) is 18.2 Å². The van der Waals surface area contributed by atoms with Crippen molar-refractivity contribution in [2.75, 3.05) is 0 Å². The summed E-state index contributed by atoms with van der Waals surface area (Å²) in [5.41, 5.74) is 3.11. The van der Waals surface area contributed by atoms with Crippen molar-refractivity contribution >= 4 is 0 Å². The van der Waals surface area contributed by atoms with Gasteiger partial charge < -0.3 is 10.2 Å². The first kappa shape index (κ1) is 13.6. The Morgan fingerprint density at radius 3 is 2.16 bits per heavy atom. The average molecular weight is 256 g/mol. The van der Waals surface area contributed by atoms with Crippen LogP contribution in [0.3, 0.4) is 0 Å². The second kappa shape index (κ2) is 5.89. The van der Waals surface area contributed by atoms with Crippen LogP contribution in [-0.2, 0) is 6.42 Å². The Balaban J connectivity index is 2.09. The Morgan fingerprint density at radius 2 is 1.58 bits per heavy atom. The smallest absolute Gasteiger partial charge is 0.115 e. The molecule has 0 saturated carbocycles. The molecule has 1 atom stereocenters. The summed E-state index contributed by atoms with van der Waals surface area (Å²) in [7, 11) is 0. The monoisotopic (exact) mass is 256 g/mol. The van der Waals surface area contributed by atoms with Crippen molar-refractivity contribution in [2.24, 2.45) is 0 Å². The van der Waals surface area contributed by atoms with Crippen LogP contribution in [0.5, 0.6) is 5.75 Å². The molecule has 2 aromatic carbocycles. The van der Waals surface area contributed by atoms with E-state index < -0.39 is 6.10 Å². The summed E-state index contributed by atoms with van der Waals surface area (Å²) < 4.78 is 0. The molecule has 2 rings (SSSR count). The topological polar surface area (TPSA) is 40.5 Å². The fraction of sp³-hybridized carbons (Fsp3) is 0.294. The summed E-state index contributed by atoms with van der Waals surface area (Å²) in [5.74, 6) is 0.733. The van der Waals surface area contributed by atoms with Crippen molar-refractivity contribution in [3.63, 3.8) is 0 Å². The molecule has 1 unspecified atom stereocenters. The minimum atomic E-state index is -0.539. The molecule has 0 aliphatic rings. The van der Waals surface area contributed by atoms with Gasteiger partial charge in [-0.3, -0.25) is 0 Å². The van der Waals surface area contributed by atoms with Crippen molar-refractivity contribution < 1.29 is 10.2 Å². The Morgan fingerprint density at radius 1 is 0.947 bits per heavy atom. The molecule has 2 nitrogen and oxygen atoms in total. The standard InChI is InChI=1S/C17H20O2/c1-12(2)14-6-8-15(9-7-14)17(19)11-13-4-3-5-16(18)10-13/h3-10,12,17-19H,11H2,1-2H3. The lowest BCUT2D eigenvalue weighted by Crippen LogP contribution is -2.02. The van der Waals surface area contributed by atoms with Crippen LogP contribution in [0, 0.1) is 0 Å². The Labute approximate surface area is 114 Å². The number of benzene rings is 2. The fourth-order valence-corrected chi connectivity index (χ4v) is 2.13. The molecule has 100 valence electrons. The van der Waals surface area contributed by atoms with E-state index >= 15 is 0 Å². The number of phenolic OH excluding ortho intramolecular Hbond substituents is 1. The second-order valence-electron chi connectivity index (χ2n) is 5.21. The van der Waals surface area contributed by atoms with Gasteiger partial charge in [-0.1, -0.05) is 50.2 Å². The minimum Gasteiger partial charge on any atom is -0.508 e. The summed E-state index contributed by atoms with van der Waals surface area (Å²) in [4.78, 5) is 0. The summed E-state index contributed by atoms with van der Waals surface area (Å²) >= 11 is 0. The van der Waals surface area contributed by atoms with Gasteiger partial charge in [-0.05, 0) is 34.7 Å². The van der Waals surface area contributed by atoms with Crippen LogP contribution in [0.15, 0.2) is 48.5 Å². The molecule has 0 aliphatic carbocycles. The van der Waals surface area contributed by atoms with E-state index in [1.807, 2.05) is 18.2 Å². The molecule has 0 radical (unpaired) electrons. The van der Waals surface area contributed by atoms with Crippen LogP contribution in [0.25, 0.3) is 0 Å². The van der Waals surface area contributed by atoms with Gasteiger partial charge in [-0.15, -0.1) is 0 Å². The number of phenols is 1. The molecule has 0 bridgehead atoms. The fourth-order valence-electron chi connectivity index (χ4n) is 2.13. The second-order valence-corrected chi connectivity index (χ2v) is 5.21. The molecule has 0 spiro atoms. The van der Waals surface area contributed by atoms with Gasteiger partial charge in [0.15, 0.2) is 0 Å². The van der Waals surface area contributed by atoms with Gasteiger partial charge in [0.1, 0.15) is 5.75 Å². The van der Waals surface area contributed by atoms with E-state index in [0.717, 1.165) is 11.1 Å². The first-order valence-electron chi connectivity index (χ1n) is 6.62. The largest absolute Gasteiger partial charge is 0.508 e. The lowest BCUT2D eigenvalue weighted by atomic mass is 9.97. The molecule has 0 fully saturated rings. The van der Waals surface area contributed by atoms with Crippen LogP contribution in [-0.4, -0.2) is 10.2 Å². The van der Waals surface area contributed by atoms with Crippen molar-refractivity contribution in [1.29, 1.82) is 0 Å². The minimum absolute atomic E-state index is 0.236. The van der Waals surface area contributed by atoms with Crippen LogP contribution in [0.2, 0.25) is 0 Å². The lowest BCUT2D eigenvalue weighted by molar-refractivity contribution is 0.178. The Bertz CT molecular complexity index is 529. The first-order chi connectivity index (χ1) is 9.06. The van der Waals surface area contributed by atoms with Crippen LogP contribution < -0.4 is 0 Å². The first-order valence-corrected chi connectivity index (χ1v) is 6.62. The molecular formula is C17H20O2. The summed E-state index contributed by atoms with van der Waals surface area (Å²) in [6.07, 6.45) is -0.0295. The number of aliphatic hydroxyl groups is 1. The highest BCUT2D eigenvalue weighted by molar-refractivity contribution is 5.30. The molecule has 0 saturated heterocycles. The SMILES string of the molecule is CC(C)c1ccc(C(O)Cc2cccc(O)c2)cc1. The van der Waals surface area contributed by atoms with E-state index in [9.17, 15) is 10.2 Å². The van der Waals surface area contributed by atoms with Crippen LogP contribution >= 0.6 is 0 Å². The molecule has 0 aromatic heterocycles. The third-order valence-electron chi connectivity index (χ3n) is 3.33. The number of hydrogen-bond donors (Lipinski definition) is 2. The summed E-state index contributed by atoms with van der Waals surface area (Å²) in [6.45, 7) is 4.30. The summed E-state index contributed by atoms with van der Waals surface area (Å²) in [5, 5.41) is 19.6. The third kappa shape index (κ3) is 3.58. The van der Waals surface area contributed by atoms with Gasteiger partial charge in [0, 0.05) is 6.42 Å². The van der Waals surface area contributed by atoms with Crippen molar-refractivity contribution in [2.45, 2.75) is 32.3 Å². The number of aliphatic hydroxyl groups excluding tert-OH is 1. The molecule has 0 heterocycles. The van der Waals surface area contributed by atoms with Crippen molar-refractivity contribution in [3.05, 3.63) is 65.2 Å². The molecular weight excluding hydrogens is 236 g/mol. The normalized spacial score (nSPS) is 12.6. The average Bonchev–Trinajstić information content (AvgIpc) is 2.39. The predicted molar refractivity (Wildman–Crippen MR) is 77.3 cm³/mol. The maximum atomic E-state index is 10.2.